The molecule has 1 aliphatic rings. The fourth-order valence-electron chi connectivity index (χ4n) is 2.06. The number of hydrogen-bond acceptors (Lipinski definition) is 3. The topological polar surface area (TPSA) is 53.4 Å². The highest BCUT2D eigenvalue weighted by atomic mass is 19.1. The highest BCUT2D eigenvalue weighted by Crippen LogP contribution is 2.25. The van der Waals surface area contributed by atoms with Gasteiger partial charge in [-0.1, -0.05) is 6.92 Å². The normalized spacial score (nSPS) is 18.7. The molecule has 0 bridgehead atoms. The molecule has 5 heteroatoms. The summed E-state index contributed by atoms with van der Waals surface area (Å²) in [5.74, 6) is -1.19. The van der Waals surface area contributed by atoms with E-state index in [0.29, 0.717) is 6.54 Å². The van der Waals surface area contributed by atoms with E-state index in [1.807, 2.05) is 0 Å². The molecule has 1 aliphatic heterocycles. The quantitative estimate of drug-likeness (QED) is 0.860. The Hall–Kier alpha value is -1.49. The Kier molecular flexibility index (Phi) is 3.38. The zero-order valence-corrected chi connectivity index (χ0v) is 9.64. The van der Waals surface area contributed by atoms with Gasteiger partial charge in [0.05, 0.1) is 12.1 Å². The van der Waals surface area contributed by atoms with Crippen molar-refractivity contribution in [3.63, 3.8) is 0 Å². The molecule has 2 heterocycles. The van der Waals surface area contributed by atoms with E-state index in [1.54, 1.807) is 13.1 Å². The van der Waals surface area contributed by atoms with Crippen LogP contribution >= 0.6 is 0 Å². The Balaban J connectivity index is 1.83. The van der Waals surface area contributed by atoms with Gasteiger partial charge in [0.25, 0.3) is 0 Å². The third kappa shape index (κ3) is 2.79. The second-order valence-electron chi connectivity index (χ2n) is 4.59. The number of aliphatic carboxylic acids is 1. The number of halogens is 1. The molecule has 0 spiro atoms. The van der Waals surface area contributed by atoms with Crippen LogP contribution in [-0.2, 0) is 11.3 Å². The van der Waals surface area contributed by atoms with Crippen molar-refractivity contribution in [3.05, 3.63) is 29.8 Å². The molecule has 2 rings (SSSR count). The van der Waals surface area contributed by atoms with Crippen LogP contribution in [0.1, 0.15) is 12.5 Å². The van der Waals surface area contributed by atoms with Crippen molar-refractivity contribution in [1.82, 2.24) is 9.88 Å². The number of rotatable bonds is 4. The predicted octanol–water partition coefficient (Wildman–Crippen LogP) is 1.37. The van der Waals surface area contributed by atoms with E-state index in [9.17, 15) is 9.18 Å². The summed E-state index contributed by atoms with van der Waals surface area (Å²) in [5.41, 5.74) is 0.825. The van der Waals surface area contributed by atoms with Crippen LogP contribution in [0.25, 0.3) is 0 Å². The van der Waals surface area contributed by atoms with Gasteiger partial charge in [-0.15, -0.1) is 0 Å². The molecule has 0 amide bonds. The van der Waals surface area contributed by atoms with Crippen LogP contribution in [0, 0.1) is 17.7 Å². The van der Waals surface area contributed by atoms with Gasteiger partial charge in [-0.2, -0.15) is 0 Å². The zero-order chi connectivity index (χ0) is 12.4. The third-order valence-corrected chi connectivity index (χ3v) is 3.25. The number of carboxylic acids is 1. The van der Waals surface area contributed by atoms with E-state index in [4.69, 9.17) is 5.11 Å². The van der Waals surface area contributed by atoms with Crippen LogP contribution in [0.3, 0.4) is 0 Å². The van der Waals surface area contributed by atoms with Crippen LogP contribution < -0.4 is 0 Å². The van der Waals surface area contributed by atoms with Crippen molar-refractivity contribution in [2.45, 2.75) is 13.5 Å². The first kappa shape index (κ1) is 12.0. The molecule has 0 aliphatic carbocycles. The molecule has 0 saturated carbocycles. The fourth-order valence-corrected chi connectivity index (χ4v) is 2.06. The molecule has 1 fully saturated rings. The van der Waals surface area contributed by atoms with Crippen LogP contribution in [0.15, 0.2) is 18.5 Å². The van der Waals surface area contributed by atoms with Crippen molar-refractivity contribution in [2.24, 2.45) is 11.8 Å². The summed E-state index contributed by atoms with van der Waals surface area (Å²) in [6.07, 6.45) is 2.81. The van der Waals surface area contributed by atoms with Gasteiger partial charge in [-0.25, -0.2) is 4.39 Å². The second-order valence-corrected chi connectivity index (χ2v) is 4.59. The minimum absolute atomic E-state index is 0.203. The standard InChI is InChI=1S/C12H15FN2O2/c1-8(12(16)17)10-6-15(7-10)5-9-2-11(13)4-14-3-9/h2-4,8,10H,5-7H2,1H3,(H,16,17). The van der Waals surface area contributed by atoms with Crippen LogP contribution in [-0.4, -0.2) is 34.0 Å². The monoisotopic (exact) mass is 238 g/mol. The van der Waals surface area contributed by atoms with Crippen molar-refractivity contribution in [1.29, 1.82) is 0 Å². The molecule has 1 aromatic rings. The molecule has 92 valence electrons. The number of aromatic nitrogens is 1. The minimum Gasteiger partial charge on any atom is -0.481 e. The van der Waals surface area contributed by atoms with Crippen molar-refractivity contribution < 1.29 is 14.3 Å². The molecule has 4 nitrogen and oxygen atoms in total. The van der Waals surface area contributed by atoms with Crippen LogP contribution in [0.2, 0.25) is 0 Å². The summed E-state index contributed by atoms with van der Waals surface area (Å²) < 4.78 is 12.9. The minimum atomic E-state index is -0.748. The molecule has 17 heavy (non-hydrogen) atoms. The van der Waals surface area contributed by atoms with Gasteiger partial charge in [0, 0.05) is 25.8 Å². The highest BCUT2D eigenvalue weighted by Gasteiger charge is 2.34. The van der Waals surface area contributed by atoms with E-state index < -0.39 is 5.97 Å². The largest absolute Gasteiger partial charge is 0.481 e. The van der Waals surface area contributed by atoms with Crippen molar-refractivity contribution in [3.8, 4) is 0 Å². The summed E-state index contributed by atoms with van der Waals surface area (Å²) in [6.45, 7) is 3.87. The van der Waals surface area contributed by atoms with Gasteiger partial charge >= 0.3 is 5.97 Å². The lowest BCUT2D eigenvalue weighted by Crippen LogP contribution is -2.50. The van der Waals surface area contributed by atoms with E-state index >= 15 is 0 Å². The predicted molar refractivity (Wildman–Crippen MR) is 59.8 cm³/mol. The Morgan fingerprint density at radius 1 is 1.65 bits per heavy atom. The maximum Gasteiger partial charge on any atom is 0.306 e. The SMILES string of the molecule is CC(C(=O)O)C1CN(Cc2cncc(F)c2)C1. The van der Waals surface area contributed by atoms with Gasteiger partial charge < -0.3 is 5.11 Å². The summed E-state index contributed by atoms with van der Waals surface area (Å²) in [5, 5.41) is 8.85. The molecule has 1 saturated heterocycles. The van der Waals surface area contributed by atoms with E-state index in [-0.39, 0.29) is 17.7 Å². The lowest BCUT2D eigenvalue weighted by molar-refractivity contribution is -0.145. The smallest absolute Gasteiger partial charge is 0.306 e. The zero-order valence-electron chi connectivity index (χ0n) is 9.64. The Bertz CT molecular complexity index is 419. The molecule has 0 aromatic carbocycles. The summed E-state index contributed by atoms with van der Waals surface area (Å²) in [6, 6.07) is 1.46. The molecule has 1 atom stereocenters. The van der Waals surface area contributed by atoms with Gasteiger partial charge in [0.2, 0.25) is 0 Å². The van der Waals surface area contributed by atoms with Gasteiger partial charge in [-0.05, 0) is 17.5 Å². The van der Waals surface area contributed by atoms with Crippen LogP contribution in [0.4, 0.5) is 4.39 Å². The first-order valence-electron chi connectivity index (χ1n) is 5.61. The summed E-state index contributed by atoms with van der Waals surface area (Å²) in [4.78, 5) is 16.6. The number of pyridine rings is 1. The van der Waals surface area contributed by atoms with E-state index in [0.717, 1.165) is 18.7 Å². The van der Waals surface area contributed by atoms with E-state index in [1.165, 1.54) is 12.3 Å². The Labute approximate surface area is 99.1 Å². The molecular weight excluding hydrogens is 223 g/mol. The van der Waals surface area contributed by atoms with Crippen molar-refractivity contribution in [2.75, 3.05) is 13.1 Å². The Morgan fingerprint density at radius 2 is 2.35 bits per heavy atom. The lowest BCUT2D eigenvalue weighted by Gasteiger charge is -2.41. The molecule has 1 aromatic heterocycles. The first-order valence-corrected chi connectivity index (χ1v) is 5.61. The van der Waals surface area contributed by atoms with Gasteiger partial charge in [0.15, 0.2) is 0 Å². The van der Waals surface area contributed by atoms with Crippen LogP contribution in [0.5, 0.6) is 0 Å². The molecular formula is C12H15FN2O2. The molecule has 1 N–H and O–H groups in total. The first-order chi connectivity index (χ1) is 8.06. The average molecular weight is 238 g/mol. The number of hydrogen-bond donors (Lipinski definition) is 1. The van der Waals surface area contributed by atoms with Gasteiger partial charge in [-0.3, -0.25) is 14.7 Å². The number of carboxylic acid groups (broad SMARTS) is 1. The van der Waals surface area contributed by atoms with Crippen molar-refractivity contribution >= 4 is 5.97 Å². The number of carbonyl (C=O) groups is 1. The third-order valence-electron chi connectivity index (χ3n) is 3.25. The lowest BCUT2D eigenvalue weighted by atomic mass is 9.87. The molecule has 1 unspecified atom stereocenters. The fraction of sp³-hybridized carbons (Fsp3) is 0.500. The van der Waals surface area contributed by atoms with E-state index in [2.05, 4.69) is 9.88 Å². The summed E-state index contributed by atoms with van der Waals surface area (Å²) >= 11 is 0. The number of likely N-dealkylation sites (tertiary alicyclic amines) is 1. The maximum absolute atomic E-state index is 12.9. The number of nitrogens with zero attached hydrogens (tertiary/aromatic N) is 2. The summed E-state index contributed by atoms with van der Waals surface area (Å²) in [7, 11) is 0. The Morgan fingerprint density at radius 3 is 2.94 bits per heavy atom. The molecule has 0 radical (unpaired) electrons. The van der Waals surface area contributed by atoms with Gasteiger partial charge in [0.1, 0.15) is 5.82 Å². The maximum atomic E-state index is 12.9. The highest BCUT2D eigenvalue weighted by molar-refractivity contribution is 5.70. The second kappa shape index (κ2) is 4.79. The average Bonchev–Trinajstić information content (AvgIpc) is 2.22.